The number of carbonyl (C=O) groups is 3. The van der Waals surface area contributed by atoms with E-state index in [4.69, 9.17) is 0 Å². The van der Waals surface area contributed by atoms with Gasteiger partial charge in [0.2, 0.25) is 18.2 Å². The van der Waals surface area contributed by atoms with Gasteiger partial charge in [0.15, 0.2) is 0 Å². The molecule has 0 aromatic heterocycles. The van der Waals surface area contributed by atoms with Crippen LogP contribution in [-0.4, -0.2) is 76.9 Å². The maximum atomic E-state index is 13.5. The zero-order chi connectivity index (χ0) is 21.8. The molecule has 31 heavy (non-hydrogen) atoms. The number of nitrogens with zero attached hydrogens (tertiary/aromatic N) is 4. The molecular weight excluding hydrogens is 392 g/mol. The Labute approximate surface area is 183 Å². The van der Waals surface area contributed by atoms with E-state index < -0.39 is 12.2 Å². The number of piperazine rings is 1. The van der Waals surface area contributed by atoms with Gasteiger partial charge in [-0.3, -0.25) is 19.4 Å². The Balaban J connectivity index is 1.54. The lowest BCUT2D eigenvalue weighted by Crippen LogP contribution is -2.74. The Morgan fingerprint density at radius 1 is 1.16 bits per heavy atom. The molecule has 0 radical (unpaired) electrons. The van der Waals surface area contributed by atoms with Crippen LogP contribution in [0.5, 0.6) is 0 Å². The largest absolute Gasteiger partial charge is 0.337 e. The van der Waals surface area contributed by atoms with E-state index in [-0.39, 0.29) is 18.4 Å². The van der Waals surface area contributed by atoms with Crippen molar-refractivity contribution in [2.75, 3.05) is 26.7 Å². The number of rotatable bonds is 7. The average Bonchev–Trinajstić information content (AvgIpc) is 2.78. The Morgan fingerprint density at radius 2 is 1.97 bits per heavy atom. The average molecular weight is 423 g/mol. The molecule has 1 aliphatic carbocycles. The molecule has 3 amide bonds. The summed E-state index contributed by atoms with van der Waals surface area (Å²) < 4.78 is 0. The highest BCUT2D eigenvalue weighted by Gasteiger charge is 2.48. The van der Waals surface area contributed by atoms with Crippen molar-refractivity contribution < 1.29 is 14.4 Å². The molecule has 0 saturated carbocycles. The van der Waals surface area contributed by atoms with Gasteiger partial charge in [0, 0.05) is 20.0 Å². The van der Waals surface area contributed by atoms with Crippen molar-refractivity contribution in [3.63, 3.8) is 0 Å². The number of benzene rings is 1. The van der Waals surface area contributed by atoms with E-state index in [0.717, 1.165) is 37.7 Å². The van der Waals surface area contributed by atoms with E-state index in [1.165, 1.54) is 5.57 Å². The SMILES string of the molecule is CN1CC(=O)N2C(CN(CCCC3=CC=CCC3)C(=O)[C@@H]2Cc2ccccc2)N1C=O. The van der Waals surface area contributed by atoms with E-state index in [1.807, 2.05) is 35.2 Å². The van der Waals surface area contributed by atoms with Gasteiger partial charge in [0.1, 0.15) is 12.2 Å². The summed E-state index contributed by atoms with van der Waals surface area (Å²) in [5, 5.41) is 3.19. The molecule has 2 fully saturated rings. The van der Waals surface area contributed by atoms with E-state index >= 15 is 0 Å². The quantitative estimate of drug-likeness (QED) is 0.631. The van der Waals surface area contributed by atoms with Crippen molar-refractivity contribution >= 4 is 18.2 Å². The number of hydrogen-bond donors (Lipinski definition) is 0. The number of allylic oxidation sites excluding steroid dienone is 4. The lowest BCUT2D eigenvalue weighted by Gasteiger charge is -2.53. The second kappa shape index (κ2) is 9.47. The Kier molecular flexibility index (Phi) is 6.51. The van der Waals surface area contributed by atoms with Gasteiger partial charge in [-0.2, -0.15) is 0 Å². The second-order valence-electron chi connectivity index (χ2n) is 8.47. The van der Waals surface area contributed by atoms with Crippen LogP contribution in [0.4, 0.5) is 0 Å². The molecule has 4 rings (SSSR count). The van der Waals surface area contributed by atoms with Crippen LogP contribution in [0.25, 0.3) is 0 Å². The van der Waals surface area contributed by atoms with Crippen molar-refractivity contribution in [1.82, 2.24) is 19.8 Å². The third kappa shape index (κ3) is 4.56. The summed E-state index contributed by atoms with van der Waals surface area (Å²) in [6, 6.07) is 9.17. The molecule has 2 aliphatic heterocycles. The van der Waals surface area contributed by atoms with Gasteiger partial charge >= 0.3 is 0 Å². The monoisotopic (exact) mass is 422 g/mol. The Morgan fingerprint density at radius 3 is 2.68 bits per heavy atom. The molecule has 164 valence electrons. The molecule has 0 bridgehead atoms. The van der Waals surface area contributed by atoms with Crippen LogP contribution in [0, 0.1) is 0 Å². The van der Waals surface area contributed by atoms with E-state index in [2.05, 4.69) is 18.2 Å². The van der Waals surface area contributed by atoms with Crippen molar-refractivity contribution in [3.8, 4) is 0 Å². The molecule has 7 nitrogen and oxygen atoms in total. The lowest BCUT2D eigenvalue weighted by molar-refractivity contribution is -0.196. The van der Waals surface area contributed by atoms with Gasteiger partial charge < -0.3 is 9.80 Å². The third-order valence-corrected chi connectivity index (χ3v) is 6.39. The molecule has 3 aliphatic rings. The highest BCUT2D eigenvalue weighted by Crippen LogP contribution is 2.27. The number of amides is 3. The minimum atomic E-state index is -0.596. The normalized spacial score (nSPS) is 24.3. The van der Waals surface area contributed by atoms with E-state index in [1.54, 1.807) is 22.0 Å². The predicted octanol–water partition coefficient (Wildman–Crippen LogP) is 1.97. The highest BCUT2D eigenvalue weighted by atomic mass is 16.2. The summed E-state index contributed by atoms with van der Waals surface area (Å²) in [5.41, 5.74) is 2.42. The number of hydrogen-bond acceptors (Lipinski definition) is 4. The van der Waals surface area contributed by atoms with E-state index in [9.17, 15) is 14.4 Å². The zero-order valence-electron chi connectivity index (χ0n) is 18.0. The zero-order valence-corrected chi connectivity index (χ0v) is 18.0. The molecule has 1 aromatic rings. The maximum Gasteiger partial charge on any atom is 0.245 e. The molecule has 7 heteroatoms. The van der Waals surface area contributed by atoms with Gasteiger partial charge in [-0.15, -0.1) is 0 Å². The van der Waals surface area contributed by atoms with Crippen LogP contribution < -0.4 is 0 Å². The Bertz CT molecular complexity index is 882. The second-order valence-corrected chi connectivity index (χ2v) is 8.47. The number of likely N-dealkylation sites (N-methyl/N-ethyl adjacent to an activating group) is 1. The van der Waals surface area contributed by atoms with Crippen LogP contribution in [-0.2, 0) is 20.8 Å². The lowest BCUT2D eigenvalue weighted by atomic mass is 9.97. The summed E-state index contributed by atoms with van der Waals surface area (Å²) in [6.07, 6.45) is 11.2. The standard InChI is InChI=1S/C24H30N4O3/c1-25-17-23(30)28-21(15-20-11-6-3-7-12-20)24(31)26(16-22(28)27(25)18-29)14-8-13-19-9-4-2-5-10-19/h2-4,6-7,9,11-12,18,21-22H,5,8,10,13-17H2,1H3/t21-,22?/m0/s1. The topological polar surface area (TPSA) is 64.2 Å². The molecule has 0 N–H and O–H groups in total. The number of hydrazine groups is 1. The number of carbonyl (C=O) groups excluding carboxylic acids is 3. The summed E-state index contributed by atoms with van der Waals surface area (Å²) >= 11 is 0. The summed E-state index contributed by atoms with van der Waals surface area (Å²) in [6.45, 7) is 1.06. The molecule has 1 aromatic carbocycles. The summed E-state index contributed by atoms with van der Waals surface area (Å²) in [4.78, 5) is 41.7. The van der Waals surface area contributed by atoms with Crippen molar-refractivity contribution in [3.05, 3.63) is 59.7 Å². The summed E-state index contributed by atoms with van der Waals surface area (Å²) in [7, 11) is 1.74. The van der Waals surface area contributed by atoms with Crippen molar-refractivity contribution in [2.24, 2.45) is 0 Å². The molecule has 2 heterocycles. The van der Waals surface area contributed by atoms with Gasteiger partial charge in [0.05, 0.1) is 13.1 Å². The highest BCUT2D eigenvalue weighted by molar-refractivity contribution is 5.91. The van der Waals surface area contributed by atoms with Crippen LogP contribution in [0.2, 0.25) is 0 Å². The molecule has 0 spiro atoms. The van der Waals surface area contributed by atoms with Gasteiger partial charge in [-0.25, -0.2) is 5.01 Å². The molecule has 2 atom stereocenters. The van der Waals surface area contributed by atoms with Crippen molar-refractivity contribution in [1.29, 1.82) is 0 Å². The van der Waals surface area contributed by atoms with Gasteiger partial charge in [-0.1, -0.05) is 54.1 Å². The maximum absolute atomic E-state index is 13.5. The molecule has 1 unspecified atom stereocenters. The van der Waals surface area contributed by atoms with E-state index in [0.29, 0.717) is 19.5 Å². The van der Waals surface area contributed by atoms with Gasteiger partial charge in [0.25, 0.3) is 0 Å². The fraction of sp³-hybridized carbons (Fsp3) is 0.458. The predicted molar refractivity (Wildman–Crippen MR) is 117 cm³/mol. The fourth-order valence-electron chi connectivity index (χ4n) is 4.78. The fourth-order valence-corrected chi connectivity index (χ4v) is 4.78. The number of fused-ring (bicyclic) bond motifs is 1. The first-order valence-corrected chi connectivity index (χ1v) is 11.0. The first-order chi connectivity index (χ1) is 15.1. The first kappa shape index (κ1) is 21.3. The van der Waals surface area contributed by atoms with Crippen LogP contribution in [0.1, 0.15) is 31.2 Å². The Hall–Kier alpha value is -2.93. The van der Waals surface area contributed by atoms with Crippen LogP contribution in [0.3, 0.4) is 0 Å². The summed E-state index contributed by atoms with van der Waals surface area (Å²) in [5.74, 6) is -0.139. The van der Waals surface area contributed by atoms with Crippen molar-refractivity contribution in [2.45, 2.75) is 44.3 Å². The van der Waals surface area contributed by atoms with Gasteiger partial charge in [-0.05, 0) is 31.2 Å². The molecular formula is C24H30N4O3. The van der Waals surface area contributed by atoms with Crippen LogP contribution in [0.15, 0.2) is 54.1 Å². The first-order valence-electron chi connectivity index (χ1n) is 11.0. The van der Waals surface area contributed by atoms with Crippen LogP contribution >= 0.6 is 0 Å². The smallest absolute Gasteiger partial charge is 0.245 e. The minimum Gasteiger partial charge on any atom is -0.337 e. The molecule has 2 saturated heterocycles. The third-order valence-electron chi connectivity index (χ3n) is 6.39. The minimum absolute atomic E-state index is 0.0265.